The summed E-state index contributed by atoms with van der Waals surface area (Å²) in [4.78, 5) is 41.1. The summed E-state index contributed by atoms with van der Waals surface area (Å²) in [7, 11) is 0. The number of ether oxygens (including phenoxy) is 1. The third-order valence-corrected chi connectivity index (χ3v) is 4.89. The van der Waals surface area contributed by atoms with Crippen LogP contribution in [0, 0.1) is 0 Å². The number of hydrogen-bond acceptors (Lipinski definition) is 7. The molecule has 3 amide bonds. The number of aromatic nitrogens is 2. The van der Waals surface area contributed by atoms with E-state index in [-0.39, 0.29) is 31.3 Å². The van der Waals surface area contributed by atoms with Crippen LogP contribution in [0.15, 0.2) is 53.1 Å². The molecule has 4 rings (SSSR count). The van der Waals surface area contributed by atoms with Crippen LogP contribution in [0.3, 0.4) is 0 Å². The molecule has 1 aliphatic heterocycles. The molecule has 0 radical (unpaired) electrons. The van der Waals surface area contributed by atoms with E-state index in [0.29, 0.717) is 22.0 Å². The maximum atomic E-state index is 12.4. The van der Waals surface area contributed by atoms with Gasteiger partial charge in [-0.1, -0.05) is 41.0 Å². The summed E-state index contributed by atoms with van der Waals surface area (Å²) in [5.74, 6) is -0.449. The quantitative estimate of drug-likeness (QED) is 0.496. The molecule has 1 aromatic heterocycles. The first-order valence-corrected chi connectivity index (χ1v) is 10.0. The molecule has 164 valence electrons. The molecule has 0 spiro atoms. The second-order valence-corrected chi connectivity index (χ2v) is 7.27. The zero-order valence-electron chi connectivity index (χ0n) is 16.6. The molecule has 10 nitrogen and oxygen atoms in total. The van der Waals surface area contributed by atoms with Crippen LogP contribution in [0.4, 0.5) is 5.69 Å². The Morgan fingerprint density at radius 2 is 1.94 bits per heavy atom. The number of nitrogens with one attached hydrogen (secondary N) is 3. The Morgan fingerprint density at radius 1 is 1.16 bits per heavy atom. The van der Waals surface area contributed by atoms with Gasteiger partial charge in [-0.3, -0.25) is 14.4 Å². The molecule has 2 heterocycles. The lowest BCUT2D eigenvalue weighted by Gasteiger charge is -2.13. The number of para-hydroxylation sites is 2. The molecule has 0 aliphatic carbocycles. The number of hydrogen-bond donors (Lipinski definition) is 3. The number of benzene rings is 2. The molecule has 3 N–H and O–H groups in total. The summed E-state index contributed by atoms with van der Waals surface area (Å²) < 4.78 is 10.6. The largest absolute Gasteiger partial charge is 0.484 e. The Morgan fingerprint density at radius 3 is 2.78 bits per heavy atom. The van der Waals surface area contributed by atoms with E-state index in [1.54, 1.807) is 48.5 Å². The Kier molecular flexibility index (Phi) is 6.31. The van der Waals surface area contributed by atoms with Crippen LogP contribution in [0.25, 0.3) is 0 Å². The van der Waals surface area contributed by atoms with Crippen LogP contribution in [0.1, 0.15) is 28.5 Å². The Labute approximate surface area is 187 Å². The minimum absolute atomic E-state index is 0.0377. The first-order chi connectivity index (χ1) is 15.5. The fraction of sp³-hybridized carbons (Fsp3) is 0.190. The van der Waals surface area contributed by atoms with Crippen molar-refractivity contribution in [1.82, 2.24) is 20.8 Å². The molecule has 1 aliphatic rings. The van der Waals surface area contributed by atoms with Crippen molar-refractivity contribution in [3.63, 3.8) is 0 Å². The predicted octanol–water partition coefficient (Wildman–Crippen LogP) is 2.06. The summed E-state index contributed by atoms with van der Waals surface area (Å²) in [5, 5.41) is 12.1. The Hall–Kier alpha value is -3.92. The smallest absolute Gasteiger partial charge is 0.254 e. The highest BCUT2D eigenvalue weighted by molar-refractivity contribution is 6.32. The number of anilines is 1. The van der Waals surface area contributed by atoms with E-state index in [9.17, 15) is 14.4 Å². The maximum Gasteiger partial charge on any atom is 0.254 e. The van der Waals surface area contributed by atoms with Gasteiger partial charge in [-0.2, -0.15) is 4.98 Å². The highest BCUT2D eigenvalue weighted by Gasteiger charge is 2.29. The second-order valence-electron chi connectivity index (χ2n) is 6.87. The average molecular weight is 456 g/mol. The van der Waals surface area contributed by atoms with Crippen molar-refractivity contribution in [1.29, 1.82) is 0 Å². The van der Waals surface area contributed by atoms with Crippen molar-refractivity contribution in [2.75, 3.05) is 5.32 Å². The molecular weight excluding hydrogens is 438 g/mol. The topological polar surface area (TPSA) is 135 Å². The number of fused-ring (bicyclic) bond motifs is 1. The number of nitrogens with zero attached hydrogens (tertiary/aromatic N) is 2. The monoisotopic (exact) mass is 455 g/mol. The number of carbonyl (C=O) groups excluding carboxylic acids is 3. The molecule has 2 aromatic carbocycles. The first-order valence-electron chi connectivity index (χ1n) is 9.66. The zero-order chi connectivity index (χ0) is 22.5. The van der Waals surface area contributed by atoms with Gasteiger partial charge in [0.2, 0.25) is 23.5 Å². The zero-order valence-corrected chi connectivity index (χ0v) is 17.4. The number of rotatable bonds is 7. The van der Waals surface area contributed by atoms with Gasteiger partial charge in [0.15, 0.2) is 6.61 Å². The van der Waals surface area contributed by atoms with Gasteiger partial charge in [-0.25, -0.2) is 0 Å². The number of halogens is 1. The highest BCUT2D eigenvalue weighted by Crippen LogP contribution is 2.23. The molecule has 0 unspecified atom stereocenters. The van der Waals surface area contributed by atoms with Gasteiger partial charge in [-0.05, 0) is 24.3 Å². The predicted molar refractivity (Wildman–Crippen MR) is 113 cm³/mol. The fourth-order valence-corrected chi connectivity index (χ4v) is 3.20. The van der Waals surface area contributed by atoms with Crippen LogP contribution in [-0.2, 0) is 22.7 Å². The van der Waals surface area contributed by atoms with Crippen molar-refractivity contribution in [3.8, 4) is 5.75 Å². The molecule has 0 fully saturated rings. The molecule has 0 saturated carbocycles. The van der Waals surface area contributed by atoms with Crippen molar-refractivity contribution in [3.05, 3.63) is 70.8 Å². The van der Waals surface area contributed by atoms with E-state index in [1.807, 2.05) is 0 Å². The van der Waals surface area contributed by atoms with Gasteiger partial charge in [-0.15, -0.1) is 0 Å². The second kappa shape index (κ2) is 9.48. The summed E-state index contributed by atoms with van der Waals surface area (Å²) in [5.41, 5.74) is 0.733. The first kappa shape index (κ1) is 21.3. The van der Waals surface area contributed by atoms with E-state index in [1.165, 1.54) is 0 Å². The van der Waals surface area contributed by atoms with Gasteiger partial charge in [0.1, 0.15) is 11.8 Å². The summed E-state index contributed by atoms with van der Waals surface area (Å²) >= 11 is 6.02. The van der Waals surface area contributed by atoms with Gasteiger partial charge in [0.05, 0.1) is 29.2 Å². The summed E-state index contributed by atoms with van der Waals surface area (Å²) in [6.45, 7) is -0.00352. The molecular formula is C21H18ClN5O5. The maximum absolute atomic E-state index is 12.4. The highest BCUT2D eigenvalue weighted by atomic mass is 35.5. The lowest BCUT2D eigenvalue weighted by Crippen LogP contribution is -2.44. The lowest BCUT2D eigenvalue weighted by molar-refractivity contribution is -0.125. The van der Waals surface area contributed by atoms with E-state index in [4.69, 9.17) is 20.9 Å². The standard InChI is InChI=1S/C21H18ClN5O5/c22-13-6-2-4-8-16(13)31-11-17-26-19(32-27-17)10-23-18(28)9-15-21(30)24-14-7-3-1-5-12(14)20(29)25-15/h1-8,15H,9-11H2,(H,23,28)(H,24,30)(H,25,29)/t15-/m0/s1. The fourth-order valence-electron chi connectivity index (χ4n) is 3.01. The van der Waals surface area contributed by atoms with E-state index in [0.717, 1.165) is 0 Å². The van der Waals surface area contributed by atoms with Crippen molar-refractivity contribution in [2.24, 2.45) is 0 Å². The third kappa shape index (κ3) is 5.03. The van der Waals surface area contributed by atoms with Gasteiger partial charge in [0.25, 0.3) is 5.91 Å². The third-order valence-electron chi connectivity index (χ3n) is 4.58. The number of carbonyl (C=O) groups is 3. The molecule has 1 atom stereocenters. The SMILES string of the molecule is O=C(C[C@@H]1NC(=O)c2ccccc2NC1=O)NCc1nc(COc2ccccc2Cl)no1. The van der Waals surface area contributed by atoms with E-state index in [2.05, 4.69) is 26.1 Å². The normalized spacial score (nSPS) is 15.2. The summed E-state index contributed by atoms with van der Waals surface area (Å²) in [6, 6.07) is 12.6. The lowest BCUT2D eigenvalue weighted by atomic mass is 10.1. The summed E-state index contributed by atoms with van der Waals surface area (Å²) in [6.07, 6.45) is -0.248. The molecule has 11 heteroatoms. The van der Waals surface area contributed by atoms with Crippen LogP contribution < -0.4 is 20.7 Å². The van der Waals surface area contributed by atoms with Crippen LogP contribution in [0.2, 0.25) is 5.02 Å². The Balaban J connectivity index is 1.28. The van der Waals surface area contributed by atoms with Gasteiger partial charge < -0.3 is 25.2 Å². The molecule has 0 bridgehead atoms. The minimum Gasteiger partial charge on any atom is -0.484 e. The van der Waals surface area contributed by atoms with Crippen LogP contribution in [-0.4, -0.2) is 33.9 Å². The molecule has 3 aromatic rings. The van der Waals surface area contributed by atoms with E-state index >= 15 is 0 Å². The van der Waals surface area contributed by atoms with Crippen LogP contribution in [0.5, 0.6) is 5.75 Å². The molecule has 32 heavy (non-hydrogen) atoms. The van der Waals surface area contributed by atoms with Crippen molar-refractivity contribution in [2.45, 2.75) is 25.6 Å². The van der Waals surface area contributed by atoms with Crippen LogP contribution >= 0.6 is 11.6 Å². The average Bonchev–Trinajstić information content (AvgIpc) is 3.20. The van der Waals surface area contributed by atoms with Gasteiger partial charge in [0, 0.05) is 0 Å². The number of amides is 3. The Bertz CT molecular complexity index is 1160. The molecule has 0 saturated heterocycles. The van der Waals surface area contributed by atoms with Gasteiger partial charge >= 0.3 is 0 Å². The minimum atomic E-state index is -1.02. The van der Waals surface area contributed by atoms with Crippen molar-refractivity contribution >= 4 is 35.0 Å². The van der Waals surface area contributed by atoms with E-state index < -0.39 is 23.8 Å². The van der Waals surface area contributed by atoms with Crippen molar-refractivity contribution < 1.29 is 23.6 Å².